The lowest BCUT2D eigenvalue weighted by Gasteiger charge is -2.34. The maximum atomic E-state index is 14.1. The number of benzene rings is 2. The van der Waals surface area contributed by atoms with Crippen LogP contribution < -0.4 is 10.6 Å². The zero-order valence-electron chi connectivity index (χ0n) is 22.8. The number of alkyl carbamates (subject to hydrolysis) is 1. The van der Waals surface area contributed by atoms with Crippen LogP contribution >= 0.6 is 0 Å². The molecular weight excluding hydrogens is 468 g/mol. The molecule has 2 aromatic rings. The van der Waals surface area contributed by atoms with Crippen molar-refractivity contribution >= 4 is 17.9 Å². The Hall–Kier alpha value is -3.86. The number of aryl methyl sites for hydroxylation is 1. The summed E-state index contributed by atoms with van der Waals surface area (Å²) in [4.78, 5) is 41.5. The zero-order valence-corrected chi connectivity index (χ0v) is 22.8. The predicted octanol–water partition coefficient (Wildman–Crippen LogP) is 4.36. The maximum absolute atomic E-state index is 14.1. The van der Waals surface area contributed by atoms with E-state index < -0.39 is 35.6 Å². The number of hydrogen-bond donors (Lipinski definition) is 2. The van der Waals surface area contributed by atoms with Gasteiger partial charge in [-0.05, 0) is 70.7 Å². The fourth-order valence-corrected chi connectivity index (χ4v) is 3.96. The summed E-state index contributed by atoms with van der Waals surface area (Å²) < 4.78 is 5.41. The molecule has 0 bridgehead atoms. The van der Waals surface area contributed by atoms with Crippen LogP contribution in [0.15, 0.2) is 48.5 Å². The molecule has 2 N–H and O–H groups in total. The summed E-state index contributed by atoms with van der Waals surface area (Å²) in [5.74, 6) is -0.955. The first-order chi connectivity index (χ1) is 17.3. The van der Waals surface area contributed by atoms with Gasteiger partial charge in [-0.1, -0.05) is 48.5 Å². The third-order valence-electron chi connectivity index (χ3n) is 5.73. The molecule has 0 aliphatic heterocycles. The standard InChI is InChI=1S/C29H38N4O4/c1-19(2)31-26(34)25(23-15-11-12-20(3)21(23)4)33(17-16-30)27(35)24(18-22-13-9-8-10-14-22)32-28(36)37-29(5,6)7/h8-15,19,24-25H,17-18H2,1-7H3,(H,31,34)(H,32,36). The van der Waals surface area contributed by atoms with Gasteiger partial charge in [0.05, 0.1) is 6.07 Å². The Bertz CT molecular complexity index is 1130. The van der Waals surface area contributed by atoms with Gasteiger partial charge in [0.1, 0.15) is 24.2 Å². The molecule has 0 aliphatic rings. The highest BCUT2D eigenvalue weighted by atomic mass is 16.6. The molecular formula is C29H38N4O4. The van der Waals surface area contributed by atoms with E-state index in [4.69, 9.17) is 4.74 Å². The number of hydrogen-bond acceptors (Lipinski definition) is 5. The number of carbonyl (C=O) groups is 3. The molecule has 198 valence electrons. The summed E-state index contributed by atoms with van der Waals surface area (Å²) >= 11 is 0. The molecule has 8 nitrogen and oxygen atoms in total. The molecule has 0 aliphatic carbocycles. The van der Waals surface area contributed by atoms with Crippen LogP contribution in [0.25, 0.3) is 0 Å². The molecule has 0 heterocycles. The van der Waals surface area contributed by atoms with Crippen molar-refractivity contribution in [2.45, 2.75) is 78.6 Å². The van der Waals surface area contributed by atoms with Gasteiger partial charge in [0.2, 0.25) is 11.8 Å². The number of nitrogens with one attached hydrogen (secondary N) is 2. The second-order valence-electron chi connectivity index (χ2n) is 10.4. The Labute approximate surface area is 220 Å². The maximum Gasteiger partial charge on any atom is 0.408 e. The molecule has 0 radical (unpaired) electrons. The zero-order chi connectivity index (χ0) is 27.8. The second kappa shape index (κ2) is 12.9. The highest BCUT2D eigenvalue weighted by molar-refractivity contribution is 5.92. The van der Waals surface area contributed by atoms with Crippen LogP contribution in [0.2, 0.25) is 0 Å². The van der Waals surface area contributed by atoms with Crippen molar-refractivity contribution in [2.24, 2.45) is 0 Å². The largest absolute Gasteiger partial charge is 0.444 e. The lowest BCUT2D eigenvalue weighted by molar-refractivity contribution is -0.142. The van der Waals surface area contributed by atoms with E-state index in [1.165, 1.54) is 4.90 Å². The predicted molar refractivity (Wildman–Crippen MR) is 143 cm³/mol. The van der Waals surface area contributed by atoms with Crippen LogP contribution in [0.1, 0.15) is 62.9 Å². The van der Waals surface area contributed by atoms with E-state index in [1.54, 1.807) is 26.8 Å². The Kier molecular flexibility index (Phi) is 10.2. The molecule has 2 aromatic carbocycles. The monoisotopic (exact) mass is 506 g/mol. The van der Waals surface area contributed by atoms with Crippen molar-refractivity contribution in [1.82, 2.24) is 15.5 Å². The number of rotatable bonds is 9. The average Bonchev–Trinajstić information content (AvgIpc) is 2.79. The van der Waals surface area contributed by atoms with Crippen LogP contribution in [0, 0.1) is 25.2 Å². The third-order valence-corrected chi connectivity index (χ3v) is 5.73. The molecule has 0 fully saturated rings. The molecule has 37 heavy (non-hydrogen) atoms. The normalized spacial score (nSPS) is 12.7. The highest BCUT2D eigenvalue weighted by Crippen LogP contribution is 2.27. The van der Waals surface area contributed by atoms with Crippen molar-refractivity contribution in [3.05, 3.63) is 70.8 Å². The van der Waals surface area contributed by atoms with Gasteiger partial charge in [0.25, 0.3) is 0 Å². The van der Waals surface area contributed by atoms with Gasteiger partial charge in [-0.3, -0.25) is 9.59 Å². The lowest BCUT2D eigenvalue weighted by atomic mass is 9.94. The van der Waals surface area contributed by atoms with Gasteiger partial charge in [0.15, 0.2) is 0 Å². The van der Waals surface area contributed by atoms with Crippen molar-refractivity contribution < 1.29 is 19.1 Å². The van der Waals surface area contributed by atoms with E-state index in [9.17, 15) is 19.6 Å². The summed E-state index contributed by atoms with van der Waals surface area (Å²) in [6.45, 7) is 12.3. The van der Waals surface area contributed by atoms with E-state index in [2.05, 4.69) is 10.6 Å². The van der Waals surface area contributed by atoms with Crippen molar-refractivity contribution in [1.29, 1.82) is 5.26 Å². The minimum atomic E-state index is -1.06. The SMILES string of the molecule is Cc1cccc(C(C(=O)NC(C)C)N(CC#N)C(=O)C(Cc2ccccc2)NC(=O)OC(C)(C)C)c1C. The van der Waals surface area contributed by atoms with Gasteiger partial charge < -0.3 is 20.3 Å². The molecule has 3 amide bonds. The van der Waals surface area contributed by atoms with Crippen LogP contribution in [0.5, 0.6) is 0 Å². The van der Waals surface area contributed by atoms with Crippen molar-refractivity contribution in [2.75, 3.05) is 6.54 Å². The minimum Gasteiger partial charge on any atom is -0.444 e. The third kappa shape index (κ3) is 8.64. The summed E-state index contributed by atoms with van der Waals surface area (Å²) in [7, 11) is 0. The quantitative estimate of drug-likeness (QED) is 0.491. The Balaban J connectivity index is 2.57. The van der Waals surface area contributed by atoms with Crippen molar-refractivity contribution in [3.63, 3.8) is 0 Å². The van der Waals surface area contributed by atoms with Crippen LogP contribution in [0.4, 0.5) is 4.79 Å². The summed E-state index contributed by atoms with van der Waals surface area (Å²) in [6.07, 6.45) is -0.597. The number of nitrogens with zero attached hydrogens (tertiary/aromatic N) is 2. The van der Waals surface area contributed by atoms with Gasteiger partial charge in [0, 0.05) is 12.5 Å². The first-order valence-electron chi connectivity index (χ1n) is 12.4. The topological polar surface area (TPSA) is 112 Å². The van der Waals surface area contributed by atoms with Gasteiger partial charge in [-0.2, -0.15) is 5.26 Å². The number of amides is 3. The van der Waals surface area contributed by atoms with Crippen LogP contribution in [-0.2, 0) is 20.7 Å². The Morgan fingerprint density at radius 3 is 2.22 bits per heavy atom. The fraction of sp³-hybridized carbons (Fsp3) is 0.448. The summed E-state index contributed by atoms with van der Waals surface area (Å²) in [5, 5.41) is 15.3. The lowest BCUT2D eigenvalue weighted by Crippen LogP contribution is -2.54. The van der Waals surface area contributed by atoms with E-state index in [0.29, 0.717) is 5.56 Å². The fourth-order valence-electron chi connectivity index (χ4n) is 3.96. The average molecular weight is 507 g/mol. The molecule has 0 aromatic heterocycles. The molecule has 2 rings (SSSR count). The molecule has 0 saturated heterocycles. The van der Waals surface area contributed by atoms with E-state index in [0.717, 1.165) is 16.7 Å². The molecule has 0 spiro atoms. The minimum absolute atomic E-state index is 0.159. The number of carbonyl (C=O) groups excluding carboxylic acids is 3. The second-order valence-corrected chi connectivity index (χ2v) is 10.4. The first kappa shape index (κ1) is 29.4. The van der Waals surface area contributed by atoms with Gasteiger partial charge in [-0.15, -0.1) is 0 Å². The summed E-state index contributed by atoms with van der Waals surface area (Å²) in [6, 6.07) is 14.5. The van der Waals surface area contributed by atoms with Crippen molar-refractivity contribution in [3.8, 4) is 6.07 Å². The van der Waals surface area contributed by atoms with Crippen LogP contribution in [0.3, 0.4) is 0 Å². The molecule has 2 unspecified atom stereocenters. The first-order valence-corrected chi connectivity index (χ1v) is 12.4. The molecule has 0 saturated carbocycles. The Morgan fingerprint density at radius 1 is 1.00 bits per heavy atom. The van der Waals surface area contributed by atoms with Crippen LogP contribution in [-0.4, -0.2) is 47.0 Å². The van der Waals surface area contributed by atoms with Gasteiger partial charge in [-0.25, -0.2) is 4.79 Å². The van der Waals surface area contributed by atoms with Gasteiger partial charge >= 0.3 is 6.09 Å². The summed E-state index contributed by atoms with van der Waals surface area (Å²) in [5.41, 5.74) is 2.47. The van der Waals surface area contributed by atoms with E-state index in [-0.39, 0.29) is 19.0 Å². The molecule has 2 atom stereocenters. The number of nitriles is 1. The smallest absolute Gasteiger partial charge is 0.408 e. The Morgan fingerprint density at radius 2 is 1.65 bits per heavy atom. The highest BCUT2D eigenvalue weighted by Gasteiger charge is 2.37. The number of ether oxygens (including phenoxy) is 1. The van der Waals surface area contributed by atoms with E-state index >= 15 is 0 Å². The van der Waals surface area contributed by atoms with E-state index in [1.807, 2.05) is 76.2 Å². The molecule has 8 heteroatoms.